The molecule has 68 heavy (non-hydrogen) atoms. The van der Waals surface area contributed by atoms with E-state index in [1.165, 1.54) is 60.4 Å². The van der Waals surface area contributed by atoms with Crippen molar-refractivity contribution in [1.29, 1.82) is 0 Å². The summed E-state index contributed by atoms with van der Waals surface area (Å²) in [5.74, 6) is 1.93. The fourth-order valence-corrected chi connectivity index (χ4v) is 10.3. The molecule has 5 nitrogen and oxygen atoms in total. The van der Waals surface area contributed by atoms with Crippen LogP contribution >= 0.6 is 0 Å². The molecule has 0 bridgehead atoms. The van der Waals surface area contributed by atoms with Gasteiger partial charge in [0.2, 0.25) is 0 Å². The molecule has 1 atom stereocenters. The van der Waals surface area contributed by atoms with Crippen LogP contribution < -0.4 is 0 Å². The molecular formula is C63H43N5. The number of aromatic nitrogens is 5. The number of rotatable bonds is 8. The lowest BCUT2D eigenvalue weighted by molar-refractivity contribution is 0.665. The van der Waals surface area contributed by atoms with Gasteiger partial charge < -0.3 is 9.13 Å². The Morgan fingerprint density at radius 3 is 1.54 bits per heavy atom. The van der Waals surface area contributed by atoms with Gasteiger partial charge in [0.25, 0.3) is 0 Å². The summed E-state index contributed by atoms with van der Waals surface area (Å²) in [4.78, 5) is 15.0. The zero-order chi connectivity index (χ0) is 45.0. The van der Waals surface area contributed by atoms with Crippen molar-refractivity contribution in [2.24, 2.45) is 0 Å². The minimum atomic E-state index is 0.197. The molecule has 0 fully saturated rings. The highest BCUT2D eigenvalue weighted by atomic mass is 15.0. The van der Waals surface area contributed by atoms with Crippen molar-refractivity contribution in [3.63, 3.8) is 0 Å². The first kappa shape index (κ1) is 39.4. The number of benzene rings is 9. The summed E-state index contributed by atoms with van der Waals surface area (Å²) in [6.07, 6.45) is 7.73. The number of nitrogens with zero attached hydrogens (tertiary/aromatic N) is 5. The predicted molar refractivity (Wildman–Crippen MR) is 282 cm³/mol. The molecule has 0 spiro atoms. The van der Waals surface area contributed by atoms with E-state index in [0.29, 0.717) is 17.5 Å². The van der Waals surface area contributed by atoms with Crippen molar-refractivity contribution >= 4 is 49.2 Å². The third-order valence-electron chi connectivity index (χ3n) is 13.5. The largest absolute Gasteiger partial charge is 0.332 e. The summed E-state index contributed by atoms with van der Waals surface area (Å²) >= 11 is 0. The second-order valence-electron chi connectivity index (χ2n) is 17.5. The number of hydrogen-bond donors (Lipinski definition) is 0. The van der Waals surface area contributed by atoms with Crippen LogP contribution in [0, 0.1) is 0 Å². The lowest BCUT2D eigenvalue weighted by Gasteiger charge is -2.26. The van der Waals surface area contributed by atoms with Crippen molar-refractivity contribution in [2.45, 2.75) is 12.5 Å². The topological polar surface area (TPSA) is 48.5 Å². The fraction of sp³-hybridized carbons (Fsp3) is 0.0317. The highest BCUT2D eigenvalue weighted by Crippen LogP contribution is 2.42. The van der Waals surface area contributed by atoms with Crippen LogP contribution in [0.3, 0.4) is 0 Å². The fourth-order valence-electron chi connectivity index (χ4n) is 10.3. The zero-order valence-corrected chi connectivity index (χ0v) is 37.1. The van der Waals surface area contributed by atoms with Gasteiger partial charge in [-0.2, -0.15) is 0 Å². The standard InChI is InChI=1S/C63H43N5/c1-4-17-43(18-5-1)51-25-10-13-28-56(51)68-58-30-15-12-27-53(58)55-40-47(34-38-59(55)68)42-31-35-50(36-32-42)67-57-29-14-11-26-52(57)54-37-33-48(41-60(54)67)46-23-16-24-49(39-46)63-65-61(44-19-6-2-7-20-44)64-62(66-63)45-21-8-3-9-22-45/h1-27,29-41,56H,28H2. The van der Waals surface area contributed by atoms with Crippen molar-refractivity contribution in [1.82, 2.24) is 24.1 Å². The highest BCUT2D eigenvalue weighted by Gasteiger charge is 2.24. The van der Waals surface area contributed by atoms with Crippen molar-refractivity contribution in [3.05, 3.63) is 248 Å². The number of fused-ring (bicyclic) bond motifs is 6. The molecule has 9 aromatic carbocycles. The Hall–Kier alpha value is -8.93. The van der Waals surface area contributed by atoms with Gasteiger partial charge in [-0.25, -0.2) is 15.0 Å². The maximum Gasteiger partial charge on any atom is 0.164 e. The van der Waals surface area contributed by atoms with Crippen molar-refractivity contribution in [3.8, 4) is 62.1 Å². The lowest BCUT2D eigenvalue weighted by Crippen LogP contribution is -2.12. The van der Waals surface area contributed by atoms with Gasteiger partial charge >= 0.3 is 0 Å². The molecule has 0 radical (unpaired) electrons. The predicted octanol–water partition coefficient (Wildman–Crippen LogP) is 16.0. The van der Waals surface area contributed by atoms with Crippen molar-refractivity contribution < 1.29 is 0 Å². The van der Waals surface area contributed by atoms with Gasteiger partial charge in [0.05, 0.1) is 17.1 Å². The summed E-state index contributed by atoms with van der Waals surface area (Å²) in [5.41, 5.74) is 16.0. The van der Waals surface area contributed by atoms with Crippen LogP contribution in [-0.4, -0.2) is 24.1 Å². The number of allylic oxidation sites excluding steroid dienone is 4. The Balaban J connectivity index is 0.874. The average molecular weight is 870 g/mol. The van der Waals surface area contributed by atoms with E-state index < -0.39 is 0 Å². The van der Waals surface area contributed by atoms with Gasteiger partial charge in [0.1, 0.15) is 0 Å². The first-order chi connectivity index (χ1) is 33.7. The van der Waals surface area contributed by atoms with Gasteiger partial charge in [0, 0.05) is 55.0 Å². The first-order valence-electron chi connectivity index (χ1n) is 23.3. The van der Waals surface area contributed by atoms with Crippen LogP contribution in [0.15, 0.2) is 243 Å². The zero-order valence-electron chi connectivity index (χ0n) is 37.1. The Labute approximate surface area is 394 Å². The van der Waals surface area contributed by atoms with E-state index >= 15 is 0 Å². The van der Waals surface area contributed by atoms with Gasteiger partial charge in [-0.05, 0) is 88.3 Å². The molecule has 1 aliphatic rings. The molecular weight excluding hydrogens is 827 g/mol. The maximum absolute atomic E-state index is 5.03. The van der Waals surface area contributed by atoms with E-state index in [9.17, 15) is 0 Å². The smallest absolute Gasteiger partial charge is 0.164 e. The minimum absolute atomic E-state index is 0.197. The lowest BCUT2D eigenvalue weighted by atomic mass is 9.92. The molecule has 0 amide bonds. The molecule has 3 heterocycles. The van der Waals surface area contributed by atoms with E-state index in [-0.39, 0.29) is 6.04 Å². The summed E-state index contributed by atoms with van der Waals surface area (Å²) in [5, 5.41) is 4.98. The second-order valence-corrected chi connectivity index (χ2v) is 17.5. The normalized spacial score (nSPS) is 13.7. The third kappa shape index (κ3) is 6.83. The summed E-state index contributed by atoms with van der Waals surface area (Å²) < 4.78 is 4.96. The molecule has 0 saturated carbocycles. The number of hydrogen-bond acceptors (Lipinski definition) is 3. The van der Waals surface area contributed by atoms with Crippen LogP contribution in [0.25, 0.3) is 111 Å². The Morgan fingerprint density at radius 1 is 0.338 bits per heavy atom. The van der Waals surface area contributed by atoms with Crippen LogP contribution in [0.4, 0.5) is 0 Å². The first-order valence-corrected chi connectivity index (χ1v) is 23.3. The highest BCUT2D eigenvalue weighted by molar-refractivity contribution is 6.11. The molecule has 12 aromatic rings. The molecule has 1 unspecified atom stereocenters. The monoisotopic (exact) mass is 869 g/mol. The SMILES string of the molecule is C1=CCC(n2c3ccccc3c3cc(-c4ccc(-n5c6ccccc6c6ccc(-c7cccc(-c8nc(-c9ccccc9)nc(-c9ccccc9)n8)c7)cc65)cc4)ccc32)C(c2ccccc2)=C1. The molecule has 0 N–H and O–H groups in total. The van der Waals surface area contributed by atoms with E-state index in [2.05, 4.69) is 191 Å². The van der Waals surface area contributed by atoms with Gasteiger partial charge in [-0.3, -0.25) is 0 Å². The van der Waals surface area contributed by atoms with Gasteiger partial charge in [0.15, 0.2) is 17.5 Å². The van der Waals surface area contributed by atoms with E-state index in [1.807, 2.05) is 60.7 Å². The second kappa shape index (κ2) is 16.5. The van der Waals surface area contributed by atoms with Crippen LogP contribution in [0.1, 0.15) is 18.0 Å². The Morgan fingerprint density at radius 2 is 0.838 bits per heavy atom. The minimum Gasteiger partial charge on any atom is -0.332 e. The molecule has 0 aliphatic heterocycles. The van der Waals surface area contributed by atoms with E-state index in [4.69, 9.17) is 15.0 Å². The van der Waals surface area contributed by atoms with E-state index in [0.717, 1.165) is 45.4 Å². The molecule has 1 aliphatic carbocycles. The summed E-state index contributed by atoms with van der Waals surface area (Å²) in [6.45, 7) is 0. The molecule has 3 aromatic heterocycles. The third-order valence-corrected chi connectivity index (χ3v) is 13.5. The molecule has 320 valence electrons. The summed E-state index contributed by atoms with van der Waals surface area (Å²) in [6, 6.07) is 80.3. The van der Waals surface area contributed by atoms with E-state index in [1.54, 1.807) is 0 Å². The van der Waals surface area contributed by atoms with Crippen LogP contribution in [0.5, 0.6) is 0 Å². The van der Waals surface area contributed by atoms with Gasteiger partial charge in [-0.15, -0.1) is 0 Å². The van der Waals surface area contributed by atoms with Gasteiger partial charge in [-0.1, -0.05) is 194 Å². The number of para-hydroxylation sites is 2. The quantitative estimate of drug-likeness (QED) is 0.153. The van der Waals surface area contributed by atoms with Crippen molar-refractivity contribution in [2.75, 3.05) is 0 Å². The molecule has 13 rings (SSSR count). The molecule has 0 saturated heterocycles. The summed E-state index contributed by atoms with van der Waals surface area (Å²) in [7, 11) is 0. The van der Waals surface area contributed by atoms with Crippen LogP contribution in [0.2, 0.25) is 0 Å². The average Bonchev–Trinajstić information content (AvgIpc) is 3.93. The Bertz CT molecular complexity index is 3860. The van der Waals surface area contributed by atoms with Crippen LogP contribution in [-0.2, 0) is 0 Å². The Kier molecular flexibility index (Phi) is 9.57. The maximum atomic E-state index is 5.03. The molecule has 5 heteroatoms.